The lowest BCUT2D eigenvalue weighted by atomic mass is 9.98. The molecule has 0 aromatic carbocycles. The van der Waals surface area contributed by atoms with E-state index in [0.29, 0.717) is 12.1 Å². The predicted octanol–water partition coefficient (Wildman–Crippen LogP) is 2.03. The third kappa shape index (κ3) is 1.94. The van der Waals surface area contributed by atoms with Gasteiger partial charge in [-0.2, -0.15) is 10.2 Å². The highest BCUT2D eigenvalue weighted by molar-refractivity contribution is 5.44. The fourth-order valence-corrected chi connectivity index (χ4v) is 4.31. The molecule has 0 spiro atoms. The minimum Gasteiger partial charge on any atom is -0.289 e. The van der Waals surface area contributed by atoms with Gasteiger partial charge in [-0.3, -0.25) is 9.58 Å². The molecule has 2 atom stereocenters. The van der Waals surface area contributed by atoms with Crippen LogP contribution in [0.15, 0.2) is 24.7 Å². The average Bonchev–Trinajstić information content (AvgIpc) is 3.17. The molecule has 3 aromatic heterocycles. The van der Waals surface area contributed by atoms with Gasteiger partial charge in [-0.05, 0) is 19.8 Å². The maximum atomic E-state index is 4.66. The number of aromatic nitrogens is 5. The first-order valence-corrected chi connectivity index (χ1v) is 8.26. The topological polar surface area (TPSA) is 51.2 Å². The molecule has 0 N–H and O–H groups in total. The first-order valence-electron chi connectivity index (χ1n) is 8.26. The Labute approximate surface area is 134 Å². The quantitative estimate of drug-likeness (QED) is 0.727. The molecule has 2 bridgehead atoms. The van der Waals surface area contributed by atoms with Crippen molar-refractivity contribution < 1.29 is 0 Å². The van der Waals surface area contributed by atoms with Crippen molar-refractivity contribution in [3.63, 3.8) is 0 Å². The lowest BCUT2D eigenvalue weighted by Crippen LogP contribution is -2.38. The van der Waals surface area contributed by atoms with E-state index in [1.165, 1.54) is 29.7 Å². The zero-order valence-corrected chi connectivity index (χ0v) is 13.5. The van der Waals surface area contributed by atoms with Crippen LogP contribution < -0.4 is 0 Å². The van der Waals surface area contributed by atoms with E-state index >= 15 is 0 Å². The van der Waals surface area contributed by atoms with Gasteiger partial charge in [0.15, 0.2) is 5.65 Å². The Morgan fingerprint density at radius 3 is 3.00 bits per heavy atom. The maximum Gasteiger partial charge on any atom is 0.155 e. The van der Waals surface area contributed by atoms with Crippen molar-refractivity contribution in [3.8, 4) is 0 Å². The Morgan fingerprint density at radius 2 is 2.17 bits per heavy atom. The molecule has 0 aliphatic carbocycles. The summed E-state index contributed by atoms with van der Waals surface area (Å²) in [6.07, 6.45) is 9.70. The zero-order valence-electron chi connectivity index (χ0n) is 13.5. The lowest BCUT2D eigenvalue weighted by Gasteiger charge is -2.35. The van der Waals surface area contributed by atoms with Crippen molar-refractivity contribution in [3.05, 3.63) is 47.2 Å². The van der Waals surface area contributed by atoms with Crippen LogP contribution in [0.4, 0.5) is 0 Å². The van der Waals surface area contributed by atoms with Crippen LogP contribution >= 0.6 is 0 Å². The highest BCUT2D eigenvalue weighted by Crippen LogP contribution is 2.44. The molecule has 118 valence electrons. The van der Waals surface area contributed by atoms with Gasteiger partial charge in [0.25, 0.3) is 0 Å². The van der Waals surface area contributed by atoms with Crippen LogP contribution in [0.2, 0.25) is 0 Å². The molecular weight excluding hydrogens is 288 g/mol. The van der Waals surface area contributed by atoms with Crippen molar-refractivity contribution in [1.29, 1.82) is 0 Å². The first-order chi connectivity index (χ1) is 11.2. The van der Waals surface area contributed by atoms with Gasteiger partial charge in [0.05, 0.1) is 17.6 Å². The molecule has 6 heteroatoms. The fourth-order valence-electron chi connectivity index (χ4n) is 4.31. The molecular formula is C17H20N6. The molecule has 1 saturated heterocycles. The summed E-state index contributed by atoms with van der Waals surface area (Å²) in [4.78, 5) is 7.26. The fraction of sp³-hybridized carbons (Fsp3) is 0.471. The average molecular weight is 308 g/mol. The van der Waals surface area contributed by atoms with Crippen molar-refractivity contribution >= 4 is 5.65 Å². The van der Waals surface area contributed by atoms with Crippen LogP contribution in [-0.2, 0) is 20.0 Å². The normalized spacial score (nSPS) is 23.6. The smallest absolute Gasteiger partial charge is 0.155 e. The molecule has 5 rings (SSSR count). The molecule has 5 heterocycles. The summed E-state index contributed by atoms with van der Waals surface area (Å²) < 4.78 is 3.95. The van der Waals surface area contributed by atoms with E-state index in [-0.39, 0.29) is 0 Å². The van der Waals surface area contributed by atoms with Crippen molar-refractivity contribution in [1.82, 2.24) is 29.3 Å². The van der Waals surface area contributed by atoms with Crippen LogP contribution in [-0.4, -0.2) is 35.3 Å². The monoisotopic (exact) mass is 308 g/mol. The second-order valence-corrected chi connectivity index (χ2v) is 6.86. The molecule has 6 nitrogen and oxygen atoms in total. The third-order valence-electron chi connectivity index (χ3n) is 5.29. The number of aryl methyl sites for hydroxylation is 2. The first kappa shape index (κ1) is 13.2. The highest BCUT2D eigenvalue weighted by Gasteiger charge is 2.41. The second-order valence-electron chi connectivity index (χ2n) is 6.86. The molecule has 2 aliphatic heterocycles. The number of fused-ring (bicyclic) bond motifs is 6. The number of rotatable bonds is 2. The second kappa shape index (κ2) is 4.64. The Bertz CT molecular complexity index is 892. The number of nitrogens with zero attached hydrogens (tertiary/aromatic N) is 6. The summed E-state index contributed by atoms with van der Waals surface area (Å²) in [5.41, 5.74) is 6.02. The van der Waals surface area contributed by atoms with Crippen molar-refractivity contribution in [2.24, 2.45) is 7.05 Å². The van der Waals surface area contributed by atoms with Crippen LogP contribution in [0, 0.1) is 6.92 Å². The van der Waals surface area contributed by atoms with Gasteiger partial charge in [0, 0.05) is 61.7 Å². The van der Waals surface area contributed by atoms with Crippen LogP contribution in [0.1, 0.15) is 41.4 Å². The van der Waals surface area contributed by atoms with E-state index in [4.69, 9.17) is 0 Å². The predicted molar refractivity (Wildman–Crippen MR) is 85.9 cm³/mol. The largest absolute Gasteiger partial charge is 0.289 e. The molecule has 2 unspecified atom stereocenters. The minimum absolute atomic E-state index is 0.463. The van der Waals surface area contributed by atoms with Crippen LogP contribution in [0.25, 0.3) is 5.65 Å². The summed E-state index contributed by atoms with van der Waals surface area (Å²) in [6.45, 7) is 3.01. The molecule has 0 saturated carbocycles. The molecule has 23 heavy (non-hydrogen) atoms. The van der Waals surface area contributed by atoms with Crippen LogP contribution in [0.3, 0.4) is 0 Å². The summed E-state index contributed by atoms with van der Waals surface area (Å²) in [7, 11) is 1.98. The van der Waals surface area contributed by atoms with E-state index in [2.05, 4.69) is 43.1 Å². The van der Waals surface area contributed by atoms with Crippen molar-refractivity contribution in [2.75, 3.05) is 0 Å². The van der Waals surface area contributed by atoms with E-state index < -0.39 is 0 Å². The molecule has 0 amide bonds. The van der Waals surface area contributed by atoms with Gasteiger partial charge < -0.3 is 0 Å². The zero-order chi connectivity index (χ0) is 15.6. The number of hydrogen-bond donors (Lipinski definition) is 0. The van der Waals surface area contributed by atoms with Gasteiger partial charge in [0.1, 0.15) is 0 Å². The van der Waals surface area contributed by atoms with Crippen molar-refractivity contribution in [2.45, 2.75) is 44.8 Å². The molecule has 2 aliphatic rings. The van der Waals surface area contributed by atoms with Gasteiger partial charge >= 0.3 is 0 Å². The van der Waals surface area contributed by atoms with Gasteiger partial charge in [-0.1, -0.05) is 0 Å². The van der Waals surface area contributed by atoms with Crippen LogP contribution in [0.5, 0.6) is 0 Å². The standard InChI is InChI=1S/C17H20N6/c1-11-5-17-18-8-14-15-4-3-13(6-16(14)23(17)20-11)22(15)10-12-7-19-21(2)9-12/h5,7-9,13,15H,3-4,6,10H2,1-2H3. The van der Waals surface area contributed by atoms with E-state index in [9.17, 15) is 0 Å². The Kier molecular flexibility index (Phi) is 2.68. The van der Waals surface area contributed by atoms with Gasteiger partial charge in [-0.15, -0.1) is 0 Å². The summed E-state index contributed by atoms with van der Waals surface area (Å²) in [5, 5.41) is 8.96. The lowest BCUT2D eigenvalue weighted by molar-refractivity contribution is 0.165. The van der Waals surface area contributed by atoms with E-state index in [1.807, 2.05) is 24.9 Å². The maximum absolute atomic E-state index is 4.66. The highest BCUT2D eigenvalue weighted by atomic mass is 15.3. The number of hydrogen-bond acceptors (Lipinski definition) is 4. The summed E-state index contributed by atoms with van der Waals surface area (Å²) in [5.74, 6) is 0. The minimum atomic E-state index is 0.463. The summed E-state index contributed by atoms with van der Waals surface area (Å²) >= 11 is 0. The van der Waals surface area contributed by atoms with Gasteiger partial charge in [0.2, 0.25) is 0 Å². The Hall–Kier alpha value is -2.21. The molecule has 3 aromatic rings. The Morgan fingerprint density at radius 1 is 1.26 bits per heavy atom. The van der Waals surface area contributed by atoms with E-state index in [1.54, 1.807) is 0 Å². The van der Waals surface area contributed by atoms with Gasteiger partial charge in [-0.25, -0.2) is 9.50 Å². The molecule has 0 radical (unpaired) electrons. The SMILES string of the molecule is Cc1cc2ncc3c(n2n1)CC1CCC3N1Cc1cnn(C)c1. The Balaban J connectivity index is 1.56. The molecule has 1 fully saturated rings. The summed E-state index contributed by atoms with van der Waals surface area (Å²) in [6, 6.07) is 3.12. The van der Waals surface area contributed by atoms with E-state index in [0.717, 1.165) is 24.3 Å². The third-order valence-corrected chi connectivity index (χ3v) is 5.29.